The number of methoxy groups -OCH3 is 1. The average Bonchev–Trinajstić information content (AvgIpc) is 2.74. The van der Waals surface area contributed by atoms with Crippen molar-refractivity contribution < 1.29 is 27.1 Å². The van der Waals surface area contributed by atoms with Crippen molar-refractivity contribution in [2.24, 2.45) is 0 Å². The lowest BCUT2D eigenvalue weighted by molar-refractivity contribution is -0.142. The third-order valence-corrected chi connectivity index (χ3v) is 6.01. The van der Waals surface area contributed by atoms with Gasteiger partial charge in [0.25, 0.3) is 10.0 Å². The van der Waals surface area contributed by atoms with Crippen LogP contribution in [0.25, 0.3) is 11.1 Å². The van der Waals surface area contributed by atoms with E-state index in [4.69, 9.17) is 27.9 Å². The molecule has 0 aliphatic heterocycles. The van der Waals surface area contributed by atoms with Gasteiger partial charge < -0.3 is 9.47 Å². The monoisotopic (exact) mass is 483 g/mol. The lowest BCUT2D eigenvalue weighted by Crippen LogP contribution is -2.18. The number of rotatable bonds is 7. The number of benzene rings is 3. The second-order valence-corrected chi connectivity index (χ2v) is 8.74. The summed E-state index contributed by atoms with van der Waals surface area (Å²) in [5.41, 5.74) is 1.10. The highest BCUT2D eigenvalue weighted by atomic mass is 35.5. The number of halogens is 3. The Morgan fingerprint density at radius 1 is 1.03 bits per heavy atom. The Hall–Kier alpha value is -2.81. The summed E-state index contributed by atoms with van der Waals surface area (Å²) in [6.07, 6.45) is 0. The molecule has 0 unspecified atom stereocenters. The molecule has 0 spiro atoms. The maximum Gasteiger partial charge on any atom is 0.343 e. The van der Waals surface area contributed by atoms with Gasteiger partial charge in [-0.05, 0) is 35.4 Å². The van der Waals surface area contributed by atoms with Gasteiger partial charge in [-0.1, -0.05) is 59.6 Å². The second-order valence-electron chi connectivity index (χ2n) is 6.25. The molecule has 0 amide bonds. The molecule has 6 nitrogen and oxygen atoms in total. The number of carbonyl (C=O) groups excluding carboxylic acids is 1. The highest BCUT2D eigenvalue weighted by Crippen LogP contribution is 2.37. The van der Waals surface area contributed by atoms with Crippen LogP contribution in [0.1, 0.15) is 0 Å². The quantitative estimate of drug-likeness (QED) is 0.469. The van der Waals surface area contributed by atoms with Crippen LogP contribution >= 0.6 is 23.2 Å². The Kier molecular flexibility index (Phi) is 7.04. The number of anilines is 1. The fraction of sp³-hybridized carbons (Fsp3) is 0.0952. The van der Waals surface area contributed by atoms with Gasteiger partial charge in [0, 0.05) is 5.02 Å². The van der Waals surface area contributed by atoms with Crippen LogP contribution in [0.3, 0.4) is 0 Å². The van der Waals surface area contributed by atoms with Gasteiger partial charge in [0.05, 0.1) is 17.8 Å². The first-order valence-electron chi connectivity index (χ1n) is 8.77. The molecular formula is C21H16Cl2FNO5S. The van der Waals surface area contributed by atoms with Gasteiger partial charge in [-0.3, -0.25) is 4.72 Å². The molecule has 0 aromatic heterocycles. The molecule has 0 saturated heterocycles. The first-order chi connectivity index (χ1) is 14.7. The molecule has 31 heavy (non-hydrogen) atoms. The zero-order chi connectivity index (χ0) is 22.6. The van der Waals surface area contributed by atoms with E-state index < -0.39 is 33.3 Å². The normalized spacial score (nSPS) is 11.1. The molecule has 0 radical (unpaired) electrons. The van der Waals surface area contributed by atoms with Crippen molar-refractivity contribution in [1.29, 1.82) is 0 Å². The van der Waals surface area contributed by atoms with Crippen molar-refractivity contribution in [2.45, 2.75) is 4.90 Å². The standard InChI is InChI=1S/C21H16Cl2FNO5S/c1-29-20(26)12-30-21-16(23)10-15(22)11-19(21)31(27,28)25-18-9-14(7-8-17(18)24)13-5-3-2-4-6-13/h2-11,25H,12H2,1H3. The molecule has 3 rings (SSSR count). The largest absolute Gasteiger partial charge is 0.479 e. The molecule has 0 aliphatic rings. The minimum atomic E-state index is -4.40. The van der Waals surface area contributed by atoms with E-state index in [1.54, 1.807) is 24.3 Å². The summed E-state index contributed by atoms with van der Waals surface area (Å²) in [6.45, 7) is -0.585. The van der Waals surface area contributed by atoms with Crippen LogP contribution < -0.4 is 9.46 Å². The van der Waals surface area contributed by atoms with Gasteiger partial charge in [0.2, 0.25) is 0 Å². The van der Waals surface area contributed by atoms with Gasteiger partial charge in [-0.2, -0.15) is 0 Å². The topological polar surface area (TPSA) is 81.7 Å². The Balaban J connectivity index is 2.00. The van der Waals surface area contributed by atoms with Gasteiger partial charge in [-0.15, -0.1) is 0 Å². The van der Waals surface area contributed by atoms with E-state index >= 15 is 0 Å². The van der Waals surface area contributed by atoms with Crippen LogP contribution in [0.15, 0.2) is 65.6 Å². The molecule has 0 atom stereocenters. The fourth-order valence-corrected chi connectivity index (χ4v) is 4.60. The van der Waals surface area contributed by atoms with Crippen molar-refractivity contribution in [3.8, 4) is 16.9 Å². The molecule has 10 heteroatoms. The van der Waals surface area contributed by atoms with E-state index in [1.807, 2.05) is 6.07 Å². The van der Waals surface area contributed by atoms with Crippen molar-refractivity contribution in [2.75, 3.05) is 18.4 Å². The van der Waals surface area contributed by atoms with Crippen LogP contribution in [-0.4, -0.2) is 28.1 Å². The highest BCUT2D eigenvalue weighted by molar-refractivity contribution is 7.92. The number of hydrogen-bond donors (Lipinski definition) is 1. The minimum Gasteiger partial charge on any atom is -0.479 e. The van der Waals surface area contributed by atoms with E-state index in [-0.39, 0.29) is 21.5 Å². The zero-order valence-corrected chi connectivity index (χ0v) is 18.4. The fourth-order valence-electron chi connectivity index (χ4n) is 2.68. The smallest absolute Gasteiger partial charge is 0.343 e. The Morgan fingerprint density at radius 2 is 1.74 bits per heavy atom. The Bertz CT molecular complexity index is 1220. The molecule has 0 heterocycles. The molecule has 0 aliphatic carbocycles. The zero-order valence-electron chi connectivity index (χ0n) is 16.1. The second kappa shape index (κ2) is 9.55. The lowest BCUT2D eigenvalue weighted by Gasteiger charge is -2.15. The van der Waals surface area contributed by atoms with E-state index in [9.17, 15) is 17.6 Å². The van der Waals surface area contributed by atoms with Crippen molar-refractivity contribution >= 4 is 44.9 Å². The third-order valence-electron chi connectivity index (χ3n) is 4.14. The number of hydrogen-bond acceptors (Lipinski definition) is 5. The SMILES string of the molecule is COC(=O)COc1c(Cl)cc(Cl)cc1S(=O)(=O)Nc1cc(-c2ccccc2)ccc1F. The van der Waals surface area contributed by atoms with Gasteiger partial charge in [0.15, 0.2) is 12.4 Å². The van der Waals surface area contributed by atoms with E-state index in [0.29, 0.717) is 5.56 Å². The predicted octanol–water partition coefficient (Wildman–Crippen LogP) is 5.15. The molecule has 0 fully saturated rings. The van der Waals surface area contributed by atoms with Crippen molar-refractivity contribution in [3.05, 3.63) is 76.5 Å². The summed E-state index contributed by atoms with van der Waals surface area (Å²) in [5.74, 6) is -1.85. The van der Waals surface area contributed by atoms with E-state index in [0.717, 1.165) is 24.8 Å². The summed E-state index contributed by atoms with van der Waals surface area (Å²) in [7, 11) is -3.25. The van der Waals surface area contributed by atoms with Crippen LogP contribution in [0, 0.1) is 5.82 Å². The minimum absolute atomic E-state index is 0.00861. The maximum absolute atomic E-state index is 14.4. The number of carbonyl (C=O) groups is 1. The molecule has 1 N–H and O–H groups in total. The number of sulfonamides is 1. The van der Waals surface area contributed by atoms with Crippen LogP contribution in [0.4, 0.5) is 10.1 Å². The van der Waals surface area contributed by atoms with Gasteiger partial charge >= 0.3 is 5.97 Å². The molecule has 0 saturated carbocycles. The Labute approximate surface area is 188 Å². The van der Waals surface area contributed by atoms with Gasteiger partial charge in [-0.25, -0.2) is 17.6 Å². The Morgan fingerprint density at radius 3 is 2.42 bits per heavy atom. The number of ether oxygens (including phenoxy) is 2. The highest BCUT2D eigenvalue weighted by Gasteiger charge is 2.25. The van der Waals surface area contributed by atoms with Crippen molar-refractivity contribution in [1.82, 2.24) is 0 Å². The summed E-state index contributed by atoms with van der Waals surface area (Å²) in [6, 6.07) is 15.4. The molecule has 3 aromatic carbocycles. The molecular weight excluding hydrogens is 468 g/mol. The summed E-state index contributed by atoms with van der Waals surface area (Å²) >= 11 is 12.0. The van der Waals surface area contributed by atoms with Crippen LogP contribution in [-0.2, 0) is 19.6 Å². The van der Waals surface area contributed by atoms with Crippen LogP contribution in [0.2, 0.25) is 10.0 Å². The summed E-state index contributed by atoms with van der Waals surface area (Å²) < 4.78 is 52.4. The maximum atomic E-state index is 14.4. The van der Waals surface area contributed by atoms with Crippen LogP contribution in [0.5, 0.6) is 5.75 Å². The van der Waals surface area contributed by atoms with Gasteiger partial charge in [0.1, 0.15) is 10.7 Å². The van der Waals surface area contributed by atoms with E-state index in [2.05, 4.69) is 9.46 Å². The summed E-state index contributed by atoms with van der Waals surface area (Å²) in [4.78, 5) is 10.9. The molecule has 3 aromatic rings. The molecule has 0 bridgehead atoms. The lowest BCUT2D eigenvalue weighted by atomic mass is 10.1. The molecule has 162 valence electrons. The predicted molar refractivity (Wildman–Crippen MR) is 117 cm³/mol. The summed E-state index contributed by atoms with van der Waals surface area (Å²) in [5, 5.41) is -0.135. The first-order valence-corrected chi connectivity index (χ1v) is 11.0. The van der Waals surface area contributed by atoms with E-state index in [1.165, 1.54) is 18.2 Å². The number of nitrogens with one attached hydrogen (secondary N) is 1. The number of esters is 1. The average molecular weight is 484 g/mol. The third kappa shape index (κ3) is 5.46. The van der Waals surface area contributed by atoms with Crippen molar-refractivity contribution in [3.63, 3.8) is 0 Å². The first kappa shape index (κ1) is 22.9.